The number of hydrogen-bond acceptors (Lipinski definition) is 3. The summed E-state index contributed by atoms with van der Waals surface area (Å²) in [5.41, 5.74) is 0.800. The molecule has 8 heteroatoms. The summed E-state index contributed by atoms with van der Waals surface area (Å²) in [4.78, 5) is 0. The number of rotatable bonds is 5. The predicted octanol–water partition coefficient (Wildman–Crippen LogP) is 4.60. The minimum absolute atomic E-state index is 0.244. The Kier molecular flexibility index (Phi) is 5.45. The van der Waals surface area contributed by atoms with Crippen LogP contribution in [0.5, 0.6) is 5.75 Å². The molecule has 0 fully saturated rings. The van der Waals surface area contributed by atoms with Gasteiger partial charge in [-0.1, -0.05) is 40.9 Å². The quantitative estimate of drug-likeness (QED) is 0.825. The van der Waals surface area contributed by atoms with Crippen molar-refractivity contribution in [3.63, 3.8) is 0 Å². The average molecular weight is 381 g/mol. The number of anilines is 1. The van der Waals surface area contributed by atoms with Crippen LogP contribution < -0.4 is 9.46 Å². The van der Waals surface area contributed by atoms with Crippen LogP contribution in [-0.4, -0.2) is 15.5 Å². The molecule has 0 amide bonds. The lowest BCUT2D eigenvalue weighted by atomic mass is 10.2. The van der Waals surface area contributed by atoms with Crippen LogP contribution in [0, 0.1) is 0 Å². The van der Waals surface area contributed by atoms with Gasteiger partial charge in [-0.15, -0.1) is 0 Å². The molecule has 0 aliphatic rings. The standard InChI is InChI=1S/C14H12Cl3NO3S/c1-21-10-3-5-14(13(17)7-10)18-22(19,20)8-9-2-4-11(15)12(16)6-9/h2-7,18H,8H2,1H3. The van der Waals surface area contributed by atoms with E-state index >= 15 is 0 Å². The number of benzene rings is 2. The van der Waals surface area contributed by atoms with Crippen LogP contribution in [0.25, 0.3) is 0 Å². The molecule has 0 unspecified atom stereocenters. The van der Waals surface area contributed by atoms with Gasteiger partial charge in [0.25, 0.3) is 0 Å². The Morgan fingerprint density at radius 2 is 1.73 bits per heavy atom. The van der Waals surface area contributed by atoms with E-state index in [1.165, 1.54) is 25.3 Å². The maximum atomic E-state index is 12.2. The summed E-state index contributed by atoms with van der Waals surface area (Å²) >= 11 is 17.7. The highest BCUT2D eigenvalue weighted by Gasteiger charge is 2.15. The van der Waals surface area contributed by atoms with Crippen molar-refractivity contribution in [2.24, 2.45) is 0 Å². The van der Waals surface area contributed by atoms with Crippen LogP contribution >= 0.6 is 34.8 Å². The second-order valence-electron chi connectivity index (χ2n) is 4.46. The molecule has 0 aliphatic heterocycles. The maximum Gasteiger partial charge on any atom is 0.236 e. The molecule has 0 spiro atoms. The van der Waals surface area contributed by atoms with E-state index in [0.29, 0.717) is 21.4 Å². The van der Waals surface area contributed by atoms with Crippen molar-refractivity contribution in [3.8, 4) is 5.75 Å². The Labute approximate surface area is 144 Å². The van der Waals surface area contributed by atoms with E-state index in [9.17, 15) is 8.42 Å². The lowest BCUT2D eigenvalue weighted by Gasteiger charge is -2.11. The molecule has 0 radical (unpaired) electrons. The fourth-order valence-electron chi connectivity index (χ4n) is 1.76. The van der Waals surface area contributed by atoms with Crippen LogP contribution in [0.4, 0.5) is 5.69 Å². The first-order valence-electron chi connectivity index (χ1n) is 6.09. The molecule has 22 heavy (non-hydrogen) atoms. The summed E-state index contributed by atoms with van der Waals surface area (Å²) < 4.78 is 31.8. The van der Waals surface area contributed by atoms with Crippen molar-refractivity contribution in [3.05, 3.63) is 57.0 Å². The zero-order chi connectivity index (χ0) is 16.3. The third-order valence-corrected chi connectivity index (χ3v) is 5.08. The Bertz CT molecular complexity index is 794. The second kappa shape index (κ2) is 6.96. The van der Waals surface area contributed by atoms with Gasteiger partial charge < -0.3 is 4.74 Å². The SMILES string of the molecule is COc1ccc(NS(=O)(=O)Cc2ccc(Cl)c(Cl)c2)c(Cl)c1. The molecule has 0 bridgehead atoms. The highest BCUT2D eigenvalue weighted by atomic mass is 35.5. The lowest BCUT2D eigenvalue weighted by molar-refractivity contribution is 0.415. The molecule has 0 aliphatic carbocycles. The van der Waals surface area contributed by atoms with Crippen LogP contribution in [0.2, 0.25) is 15.1 Å². The summed E-state index contributed by atoms with van der Waals surface area (Å²) in [6.45, 7) is 0. The van der Waals surface area contributed by atoms with Gasteiger partial charge >= 0.3 is 0 Å². The number of nitrogens with one attached hydrogen (secondary N) is 1. The van der Waals surface area contributed by atoms with Crippen LogP contribution in [0.1, 0.15) is 5.56 Å². The molecule has 0 saturated carbocycles. The van der Waals surface area contributed by atoms with E-state index in [0.717, 1.165) is 0 Å². The largest absolute Gasteiger partial charge is 0.497 e. The van der Waals surface area contributed by atoms with Crippen molar-refractivity contribution >= 4 is 50.5 Å². The highest BCUT2D eigenvalue weighted by molar-refractivity contribution is 7.91. The summed E-state index contributed by atoms with van der Waals surface area (Å²) in [6, 6.07) is 9.34. The van der Waals surface area contributed by atoms with Crippen LogP contribution in [-0.2, 0) is 15.8 Å². The fourth-order valence-corrected chi connectivity index (χ4v) is 3.56. The first-order valence-corrected chi connectivity index (χ1v) is 8.87. The van der Waals surface area contributed by atoms with Gasteiger partial charge in [0.15, 0.2) is 0 Å². The van der Waals surface area contributed by atoms with Crippen molar-refractivity contribution in [2.75, 3.05) is 11.8 Å². The lowest BCUT2D eigenvalue weighted by Crippen LogP contribution is -2.15. The van der Waals surface area contributed by atoms with Crippen LogP contribution in [0.3, 0.4) is 0 Å². The molecular weight excluding hydrogens is 369 g/mol. The Morgan fingerprint density at radius 3 is 2.32 bits per heavy atom. The topological polar surface area (TPSA) is 55.4 Å². The minimum atomic E-state index is -3.64. The number of hydrogen-bond donors (Lipinski definition) is 1. The smallest absolute Gasteiger partial charge is 0.236 e. The van der Waals surface area contributed by atoms with Gasteiger partial charge in [-0.25, -0.2) is 8.42 Å². The number of methoxy groups -OCH3 is 1. The van der Waals surface area contributed by atoms with E-state index in [4.69, 9.17) is 39.5 Å². The molecule has 2 aromatic rings. The van der Waals surface area contributed by atoms with Crippen LogP contribution in [0.15, 0.2) is 36.4 Å². The Morgan fingerprint density at radius 1 is 1.00 bits per heavy atom. The molecule has 0 aromatic heterocycles. The monoisotopic (exact) mass is 379 g/mol. The first-order chi connectivity index (χ1) is 10.3. The highest BCUT2D eigenvalue weighted by Crippen LogP contribution is 2.28. The minimum Gasteiger partial charge on any atom is -0.497 e. The van der Waals surface area contributed by atoms with E-state index in [1.54, 1.807) is 18.2 Å². The third kappa shape index (κ3) is 4.43. The molecule has 1 N–H and O–H groups in total. The van der Waals surface area contributed by atoms with Crippen molar-refractivity contribution < 1.29 is 13.2 Å². The zero-order valence-corrected chi connectivity index (χ0v) is 14.5. The number of ether oxygens (including phenoxy) is 1. The third-order valence-electron chi connectivity index (χ3n) is 2.78. The zero-order valence-electron chi connectivity index (χ0n) is 11.4. The summed E-state index contributed by atoms with van der Waals surface area (Å²) in [7, 11) is -2.14. The Hall–Kier alpha value is -1.14. The molecule has 118 valence electrons. The molecule has 0 atom stereocenters. The summed E-state index contributed by atoms with van der Waals surface area (Å²) in [5.74, 6) is 0.295. The second-order valence-corrected chi connectivity index (χ2v) is 7.40. The van der Waals surface area contributed by atoms with Gasteiger partial charge in [-0.05, 0) is 29.8 Å². The maximum absolute atomic E-state index is 12.2. The summed E-state index contributed by atoms with van der Waals surface area (Å²) in [5, 5.41) is 0.919. The molecule has 2 aromatic carbocycles. The van der Waals surface area contributed by atoms with Crippen molar-refractivity contribution in [1.29, 1.82) is 0 Å². The average Bonchev–Trinajstić information content (AvgIpc) is 2.44. The molecule has 4 nitrogen and oxygen atoms in total. The molecule has 2 rings (SSSR count). The Balaban J connectivity index is 2.19. The van der Waals surface area contributed by atoms with Crippen molar-refractivity contribution in [1.82, 2.24) is 0 Å². The molecular formula is C14H12Cl3NO3S. The van der Waals surface area contributed by atoms with E-state index in [-0.39, 0.29) is 16.5 Å². The molecule has 0 heterocycles. The van der Waals surface area contributed by atoms with Gasteiger partial charge in [0.1, 0.15) is 5.75 Å². The van der Waals surface area contributed by atoms with Gasteiger partial charge in [-0.3, -0.25) is 4.72 Å². The van der Waals surface area contributed by atoms with E-state index < -0.39 is 10.0 Å². The predicted molar refractivity (Wildman–Crippen MR) is 90.7 cm³/mol. The van der Waals surface area contributed by atoms with Gasteiger partial charge in [-0.2, -0.15) is 0 Å². The van der Waals surface area contributed by atoms with Gasteiger partial charge in [0, 0.05) is 6.07 Å². The number of halogens is 3. The number of sulfonamides is 1. The van der Waals surface area contributed by atoms with E-state index in [2.05, 4.69) is 4.72 Å². The van der Waals surface area contributed by atoms with Gasteiger partial charge in [0.2, 0.25) is 10.0 Å². The normalized spacial score (nSPS) is 11.3. The molecule has 0 saturated heterocycles. The van der Waals surface area contributed by atoms with E-state index in [1.807, 2.05) is 0 Å². The fraction of sp³-hybridized carbons (Fsp3) is 0.143. The summed E-state index contributed by atoms with van der Waals surface area (Å²) in [6.07, 6.45) is 0. The van der Waals surface area contributed by atoms with Gasteiger partial charge in [0.05, 0.1) is 33.6 Å². The van der Waals surface area contributed by atoms with Crippen molar-refractivity contribution in [2.45, 2.75) is 5.75 Å². The first kappa shape index (κ1) is 17.2.